The molecule has 0 amide bonds. The Hall–Kier alpha value is -2.69. The zero-order chi connectivity index (χ0) is 15.8. The highest BCUT2D eigenvalue weighted by molar-refractivity contribution is 5.80. The van der Waals surface area contributed by atoms with E-state index in [1.165, 1.54) is 5.56 Å². The van der Waals surface area contributed by atoms with Crippen LogP contribution in [0.3, 0.4) is 0 Å². The van der Waals surface area contributed by atoms with Gasteiger partial charge >= 0.3 is 0 Å². The molecule has 0 saturated carbocycles. The van der Waals surface area contributed by atoms with Gasteiger partial charge in [-0.2, -0.15) is 0 Å². The molecule has 0 radical (unpaired) electrons. The summed E-state index contributed by atoms with van der Waals surface area (Å²) in [5.74, 6) is 1.07. The van der Waals surface area contributed by atoms with Crippen LogP contribution in [0.2, 0.25) is 0 Å². The number of hydrogen-bond donors (Lipinski definition) is 2. The van der Waals surface area contributed by atoms with Crippen molar-refractivity contribution in [1.29, 1.82) is 0 Å². The molecule has 2 aromatic carbocycles. The van der Waals surface area contributed by atoms with Crippen molar-refractivity contribution < 1.29 is 9.94 Å². The van der Waals surface area contributed by atoms with Crippen molar-refractivity contribution in [2.24, 2.45) is 10.9 Å². The zero-order valence-corrected chi connectivity index (χ0v) is 12.6. The van der Waals surface area contributed by atoms with Crippen molar-refractivity contribution in [3.63, 3.8) is 0 Å². The van der Waals surface area contributed by atoms with Gasteiger partial charge in [0.05, 0.1) is 7.11 Å². The number of para-hydroxylation sites is 1. The molecule has 3 N–H and O–H groups in total. The van der Waals surface area contributed by atoms with Crippen LogP contribution in [0.1, 0.15) is 12.0 Å². The smallest absolute Gasteiger partial charge is 0.140 e. The molecule has 0 saturated heterocycles. The van der Waals surface area contributed by atoms with Crippen LogP contribution >= 0.6 is 0 Å². The number of rotatable bonds is 7. The van der Waals surface area contributed by atoms with Crippen LogP contribution in [0.25, 0.3) is 0 Å². The van der Waals surface area contributed by atoms with E-state index >= 15 is 0 Å². The number of hydrogen-bond acceptors (Lipinski definition) is 4. The summed E-state index contributed by atoms with van der Waals surface area (Å²) in [5.41, 5.74) is 7.86. The van der Waals surface area contributed by atoms with Gasteiger partial charge in [-0.15, -0.1) is 0 Å². The van der Waals surface area contributed by atoms with Crippen LogP contribution in [0.15, 0.2) is 59.8 Å². The molecule has 0 heterocycles. The number of anilines is 1. The Balaban J connectivity index is 2.12. The van der Waals surface area contributed by atoms with Gasteiger partial charge in [0.25, 0.3) is 0 Å². The van der Waals surface area contributed by atoms with E-state index in [1.54, 1.807) is 7.11 Å². The Morgan fingerprint density at radius 2 is 1.82 bits per heavy atom. The largest absolute Gasteiger partial charge is 0.497 e. The lowest BCUT2D eigenvalue weighted by atomic mass is 10.1. The highest BCUT2D eigenvalue weighted by Crippen LogP contribution is 2.19. The molecule has 0 spiro atoms. The maximum atomic E-state index is 8.70. The summed E-state index contributed by atoms with van der Waals surface area (Å²) in [6.07, 6.45) is 0.502. The van der Waals surface area contributed by atoms with E-state index in [9.17, 15) is 0 Å². The number of oxime groups is 1. The molecule has 22 heavy (non-hydrogen) atoms. The van der Waals surface area contributed by atoms with Crippen molar-refractivity contribution >= 4 is 11.5 Å². The lowest BCUT2D eigenvalue weighted by molar-refractivity contribution is 0.317. The number of nitrogens with two attached hydrogens (primary N) is 1. The van der Waals surface area contributed by atoms with E-state index in [4.69, 9.17) is 15.7 Å². The minimum Gasteiger partial charge on any atom is -0.497 e. The Morgan fingerprint density at radius 1 is 1.14 bits per heavy atom. The predicted octanol–water partition coefficient (Wildman–Crippen LogP) is 2.84. The first-order chi connectivity index (χ1) is 10.7. The second-order valence-corrected chi connectivity index (χ2v) is 4.95. The molecular weight excluding hydrogens is 278 g/mol. The fourth-order valence-electron chi connectivity index (χ4n) is 2.19. The molecule has 0 unspecified atom stereocenters. The number of amidine groups is 1. The summed E-state index contributed by atoms with van der Waals surface area (Å²) in [4.78, 5) is 2.19. The summed E-state index contributed by atoms with van der Waals surface area (Å²) < 4.78 is 5.18. The SMILES string of the molecule is COc1ccc(CN(CC/C(N)=N/O)c2ccccc2)cc1. The maximum Gasteiger partial charge on any atom is 0.140 e. The van der Waals surface area contributed by atoms with Crippen molar-refractivity contribution in [2.45, 2.75) is 13.0 Å². The van der Waals surface area contributed by atoms with Gasteiger partial charge in [0, 0.05) is 25.2 Å². The zero-order valence-electron chi connectivity index (χ0n) is 12.6. The number of benzene rings is 2. The van der Waals surface area contributed by atoms with Gasteiger partial charge in [-0.1, -0.05) is 35.5 Å². The number of methoxy groups -OCH3 is 1. The Bertz CT molecular complexity index is 597. The highest BCUT2D eigenvalue weighted by Gasteiger charge is 2.08. The number of nitrogens with zero attached hydrogens (tertiary/aromatic N) is 2. The third kappa shape index (κ3) is 4.41. The molecule has 0 atom stereocenters. The molecule has 5 heteroatoms. The minimum absolute atomic E-state index is 0.232. The Morgan fingerprint density at radius 3 is 2.41 bits per heavy atom. The maximum absolute atomic E-state index is 8.70. The monoisotopic (exact) mass is 299 g/mol. The second kappa shape index (κ2) is 7.93. The molecule has 0 fully saturated rings. The van der Waals surface area contributed by atoms with Gasteiger partial charge in [-0.3, -0.25) is 0 Å². The van der Waals surface area contributed by atoms with E-state index in [0.717, 1.165) is 18.0 Å². The molecule has 2 aromatic rings. The molecule has 0 aliphatic rings. The molecule has 5 nitrogen and oxygen atoms in total. The van der Waals surface area contributed by atoms with Crippen molar-refractivity contribution in [3.05, 3.63) is 60.2 Å². The minimum atomic E-state index is 0.232. The molecular formula is C17H21N3O2. The van der Waals surface area contributed by atoms with E-state index in [0.29, 0.717) is 13.0 Å². The van der Waals surface area contributed by atoms with Gasteiger partial charge in [-0.25, -0.2) is 0 Å². The Kier molecular flexibility index (Phi) is 5.65. The van der Waals surface area contributed by atoms with Gasteiger partial charge in [-0.05, 0) is 29.8 Å². The second-order valence-electron chi connectivity index (χ2n) is 4.95. The fraction of sp³-hybridized carbons (Fsp3) is 0.235. The molecule has 0 aromatic heterocycles. The average Bonchev–Trinajstić information content (AvgIpc) is 2.59. The summed E-state index contributed by atoms with van der Waals surface area (Å²) in [7, 11) is 1.66. The molecule has 0 aliphatic heterocycles. The molecule has 116 valence electrons. The van der Waals surface area contributed by atoms with E-state index in [1.807, 2.05) is 42.5 Å². The van der Waals surface area contributed by atoms with Crippen LogP contribution in [0, 0.1) is 0 Å². The summed E-state index contributed by atoms with van der Waals surface area (Å²) in [6, 6.07) is 18.1. The number of ether oxygens (including phenoxy) is 1. The van der Waals surface area contributed by atoms with Crippen LogP contribution in [-0.4, -0.2) is 24.7 Å². The first-order valence-corrected chi connectivity index (χ1v) is 7.12. The average molecular weight is 299 g/mol. The molecule has 2 rings (SSSR count). The summed E-state index contributed by atoms with van der Waals surface area (Å²) >= 11 is 0. The van der Waals surface area contributed by atoms with E-state index in [-0.39, 0.29) is 5.84 Å². The normalized spacial score (nSPS) is 11.2. The van der Waals surface area contributed by atoms with E-state index < -0.39 is 0 Å². The first kappa shape index (κ1) is 15.7. The predicted molar refractivity (Wildman–Crippen MR) is 88.5 cm³/mol. The standard InChI is InChI=1S/C17H21N3O2/c1-22-16-9-7-14(8-10-16)13-20(12-11-17(18)19-21)15-5-3-2-4-6-15/h2-10,21H,11-13H2,1H3,(H2,18,19). The molecule has 0 bridgehead atoms. The van der Waals surface area contributed by atoms with E-state index in [2.05, 4.69) is 22.2 Å². The van der Waals surface area contributed by atoms with Crippen LogP contribution < -0.4 is 15.4 Å². The highest BCUT2D eigenvalue weighted by atomic mass is 16.5. The van der Waals surface area contributed by atoms with Gasteiger partial charge < -0.3 is 20.6 Å². The third-order valence-electron chi connectivity index (χ3n) is 3.42. The van der Waals surface area contributed by atoms with Gasteiger partial charge in [0.15, 0.2) is 0 Å². The van der Waals surface area contributed by atoms with Crippen LogP contribution in [0.4, 0.5) is 5.69 Å². The fourth-order valence-corrected chi connectivity index (χ4v) is 2.19. The third-order valence-corrected chi connectivity index (χ3v) is 3.42. The lowest BCUT2D eigenvalue weighted by Crippen LogP contribution is -2.27. The van der Waals surface area contributed by atoms with Crippen LogP contribution in [-0.2, 0) is 6.54 Å². The topological polar surface area (TPSA) is 71.1 Å². The first-order valence-electron chi connectivity index (χ1n) is 7.12. The van der Waals surface area contributed by atoms with Gasteiger partial charge in [0.2, 0.25) is 0 Å². The van der Waals surface area contributed by atoms with Crippen molar-refractivity contribution in [1.82, 2.24) is 0 Å². The van der Waals surface area contributed by atoms with Crippen molar-refractivity contribution in [2.75, 3.05) is 18.6 Å². The Labute approximate surface area is 130 Å². The lowest BCUT2D eigenvalue weighted by Gasteiger charge is -2.25. The van der Waals surface area contributed by atoms with Gasteiger partial charge in [0.1, 0.15) is 11.6 Å². The summed E-state index contributed by atoms with van der Waals surface area (Å²) in [6.45, 7) is 1.42. The molecule has 0 aliphatic carbocycles. The quantitative estimate of drug-likeness (QED) is 0.357. The van der Waals surface area contributed by atoms with Crippen molar-refractivity contribution in [3.8, 4) is 5.75 Å². The van der Waals surface area contributed by atoms with Crippen LogP contribution in [0.5, 0.6) is 5.75 Å². The summed E-state index contributed by atoms with van der Waals surface area (Å²) in [5, 5.41) is 11.7.